The largest absolute Gasteiger partial charge is 0.480 e. The molecule has 0 saturated heterocycles. The molecule has 4 heteroatoms. The van der Waals surface area contributed by atoms with Gasteiger partial charge in [0, 0.05) is 12.1 Å². The summed E-state index contributed by atoms with van der Waals surface area (Å²) in [6.07, 6.45) is 7.76. The van der Waals surface area contributed by atoms with Gasteiger partial charge >= 0.3 is 5.97 Å². The number of nitrogens with zero attached hydrogens (tertiary/aromatic N) is 1. The van der Waals surface area contributed by atoms with E-state index in [0.29, 0.717) is 12.1 Å². The summed E-state index contributed by atoms with van der Waals surface area (Å²) in [5.74, 6) is -0.674. The first-order chi connectivity index (χ1) is 8.59. The molecule has 18 heavy (non-hydrogen) atoms. The van der Waals surface area contributed by atoms with Crippen LogP contribution in [-0.4, -0.2) is 47.2 Å². The second kappa shape index (κ2) is 5.57. The van der Waals surface area contributed by atoms with E-state index in [9.17, 15) is 9.90 Å². The highest BCUT2D eigenvalue weighted by atomic mass is 16.4. The van der Waals surface area contributed by atoms with E-state index in [4.69, 9.17) is 0 Å². The first-order valence-corrected chi connectivity index (χ1v) is 7.29. The molecule has 0 aromatic carbocycles. The molecule has 2 aliphatic carbocycles. The van der Waals surface area contributed by atoms with Gasteiger partial charge in [-0.1, -0.05) is 19.8 Å². The highest BCUT2D eigenvalue weighted by molar-refractivity contribution is 5.79. The lowest BCUT2D eigenvalue weighted by atomic mass is 9.97. The predicted octanol–water partition coefficient (Wildman–Crippen LogP) is 1.85. The molecule has 0 radical (unpaired) electrons. The lowest BCUT2D eigenvalue weighted by Crippen LogP contribution is -2.51. The Morgan fingerprint density at radius 2 is 2.00 bits per heavy atom. The second-order valence-electron chi connectivity index (χ2n) is 5.92. The SMILES string of the molecule is CCNC1(C(=O)O)CCC(N(C)C2CCCC2)C1. The third-order valence-corrected chi connectivity index (χ3v) is 4.89. The van der Waals surface area contributed by atoms with Crippen LogP contribution in [0.4, 0.5) is 0 Å². The summed E-state index contributed by atoms with van der Waals surface area (Å²) in [5, 5.41) is 12.7. The van der Waals surface area contributed by atoms with Gasteiger partial charge in [0.1, 0.15) is 5.54 Å². The van der Waals surface area contributed by atoms with Crippen molar-refractivity contribution in [3.63, 3.8) is 0 Å². The molecule has 2 atom stereocenters. The minimum Gasteiger partial charge on any atom is -0.480 e. The van der Waals surface area contributed by atoms with Crippen LogP contribution in [0.2, 0.25) is 0 Å². The summed E-state index contributed by atoms with van der Waals surface area (Å²) in [6.45, 7) is 2.71. The van der Waals surface area contributed by atoms with E-state index in [1.165, 1.54) is 25.7 Å². The van der Waals surface area contributed by atoms with Crippen LogP contribution in [0.5, 0.6) is 0 Å². The zero-order valence-electron chi connectivity index (χ0n) is 11.6. The third-order valence-electron chi connectivity index (χ3n) is 4.89. The Morgan fingerprint density at radius 3 is 2.56 bits per heavy atom. The van der Waals surface area contributed by atoms with Gasteiger partial charge in [-0.2, -0.15) is 0 Å². The zero-order valence-corrected chi connectivity index (χ0v) is 11.6. The van der Waals surface area contributed by atoms with Gasteiger partial charge in [0.05, 0.1) is 0 Å². The van der Waals surface area contributed by atoms with Gasteiger partial charge in [-0.3, -0.25) is 4.79 Å². The van der Waals surface area contributed by atoms with Crippen molar-refractivity contribution in [2.24, 2.45) is 0 Å². The van der Waals surface area contributed by atoms with E-state index in [-0.39, 0.29) is 0 Å². The predicted molar refractivity (Wildman–Crippen MR) is 71.7 cm³/mol. The third kappa shape index (κ3) is 2.54. The summed E-state index contributed by atoms with van der Waals surface area (Å²) >= 11 is 0. The van der Waals surface area contributed by atoms with Gasteiger partial charge in [-0.15, -0.1) is 0 Å². The monoisotopic (exact) mass is 254 g/mol. The molecule has 0 heterocycles. The van der Waals surface area contributed by atoms with Crippen molar-refractivity contribution in [3.05, 3.63) is 0 Å². The number of nitrogens with one attached hydrogen (secondary N) is 1. The van der Waals surface area contributed by atoms with E-state index < -0.39 is 11.5 Å². The molecule has 0 aliphatic heterocycles. The fourth-order valence-electron chi connectivity index (χ4n) is 3.75. The number of likely N-dealkylation sites (N-methyl/N-ethyl adjacent to an activating group) is 1. The fourth-order valence-corrected chi connectivity index (χ4v) is 3.75. The van der Waals surface area contributed by atoms with Gasteiger partial charge in [0.25, 0.3) is 0 Å². The molecule has 0 bridgehead atoms. The summed E-state index contributed by atoms with van der Waals surface area (Å²) in [7, 11) is 2.19. The van der Waals surface area contributed by atoms with Crippen molar-refractivity contribution in [3.8, 4) is 0 Å². The normalized spacial score (nSPS) is 33.4. The summed E-state index contributed by atoms with van der Waals surface area (Å²) in [4.78, 5) is 14.0. The highest BCUT2D eigenvalue weighted by Crippen LogP contribution is 2.36. The number of aliphatic carboxylic acids is 1. The van der Waals surface area contributed by atoms with E-state index in [1.807, 2.05) is 6.92 Å². The van der Waals surface area contributed by atoms with Crippen LogP contribution >= 0.6 is 0 Å². The molecule has 0 amide bonds. The molecule has 2 N–H and O–H groups in total. The fraction of sp³-hybridized carbons (Fsp3) is 0.929. The van der Waals surface area contributed by atoms with Crippen LogP contribution in [0.15, 0.2) is 0 Å². The zero-order chi connectivity index (χ0) is 13.2. The Hall–Kier alpha value is -0.610. The van der Waals surface area contributed by atoms with Crippen LogP contribution < -0.4 is 5.32 Å². The molecule has 0 spiro atoms. The molecule has 104 valence electrons. The Balaban J connectivity index is 1.99. The van der Waals surface area contributed by atoms with Crippen LogP contribution in [-0.2, 0) is 4.79 Å². The first-order valence-electron chi connectivity index (χ1n) is 7.29. The molecule has 2 fully saturated rings. The molecule has 2 unspecified atom stereocenters. The molecule has 2 saturated carbocycles. The Kier molecular flexibility index (Phi) is 4.28. The Morgan fingerprint density at radius 1 is 1.33 bits per heavy atom. The average Bonchev–Trinajstić information content (AvgIpc) is 2.98. The number of hydrogen-bond acceptors (Lipinski definition) is 3. The minimum absolute atomic E-state index is 0.434. The van der Waals surface area contributed by atoms with Crippen LogP contribution in [0, 0.1) is 0 Å². The quantitative estimate of drug-likeness (QED) is 0.786. The molecule has 2 aliphatic rings. The summed E-state index contributed by atoms with van der Waals surface area (Å²) in [5.41, 5.74) is -0.674. The van der Waals surface area contributed by atoms with Gasteiger partial charge in [-0.25, -0.2) is 0 Å². The van der Waals surface area contributed by atoms with E-state index in [2.05, 4.69) is 17.3 Å². The molecule has 0 aromatic rings. The maximum absolute atomic E-state index is 11.5. The summed E-state index contributed by atoms with van der Waals surface area (Å²) in [6, 6.07) is 1.12. The van der Waals surface area contributed by atoms with Gasteiger partial charge < -0.3 is 15.3 Å². The topological polar surface area (TPSA) is 52.6 Å². The van der Waals surface area contributed by atoms with Gasteiger partial charge in [-0.05, 0) is 45.7 Å². The van der Waals surface area contributed by atoms with Gasteiger partial charge in [0.15, 0.2) is 0 Å². The molecule has 4 nitrogen and oxygen atoms in total. The van der Waals surface area contributed by atoms with Crippen molar-refractivity contribution in [1.29, 1.82) is 0 Å². The number of hydrogen-bond donors (Lipinski definition) is 2. The van der Waals surface area contributed by atoms with Crippen molar-refractivity contribution in [1.82, 2.24) is 10.2 Å². The number of carbonyl (C=O) groups is 1. The first kappa shape index (κ1) is 13.8. The smallest absolute Gasteiger partial charge is 0.323 e. The minimum atomic E-state index is -0.674. The Labute approximate surface area is 110 Å². The van der Waals surface area contributed by atoms with Crippen molar-refractivity contribution in [2.75, 3.05) is 13.6 Å². The van der Waals surface area contributed by atoms with Crippen LogP contribution in [0.3, 0.4) is 0 Å². The van der Waals surface area contributed by atoms with E-state index in [1.54, 1.807) is 0 Å². The number of carboxylic acid groups (broad SMARTS) is 1. The van der Waals surface area contributed by atoms with Gasteiger partial charge in [0.2, 0.25) is 0 Å². The van der Waals surface area contributed by atoms with E-state index >= 15 is 0 Å². The van der Waals surface area contributed by atoms with Crippen molar-refractivity contribution >= 4 is 5.97 Å². The number of rotatable bonds is 5. The van der Waals surface area contributed by atoms with Crippen LogP contribution in [0.25, 0.3) is 0 Å². The maximum Gasteiger partial charge on any atom is 0.323 e. The van der Waals surface area contributed by atoms with E-state index in [0.717, 1.165) is 25.8 Å². The lowest BCUT2D eigenvalue weighted by Gasteiger charge is -2.32. The van der Waals surface area contributed by atoms with Crippen molar-refractivity contribution < 1.29 is 9.90 Å². The lowest BCUT2D eigenvalue weighted by molar-refractivity contribution is -0.144. The van der Waals surface area contributed by atoms with Crippen LogP contribution in [0.1, 0.15) is 51.9 Å². The maximum atomic E-state index is 11.5. The summed E-state index contributed by atoms with van der Waals surface area (Å²) < 4.78 is 0. The highest BCUT2D eigenvalue weighted by Gasteiger charge is 2.46. The molecule has 0 aromatic heterocycles. The molecule has 2 rings (SSSR count). The number of carboxylic acids is 1. The average molecular weight is 254 g/mol. The standard InChI is InChI=1S/C14H26N2O2/c1-3-15-14(13(17)18)9-8-12(10-14)16(2)11-6-4-5-7-11/h11-12,15H,3-10H2,1-2H3,(H,17,18). The molecular weight excluding hydrogens is 228 g/mol. The Bertz CT molecular complexity index is 302. The van der Waals surface area contributed by atoms with Crippen molar-refractivity contribution in [2.45, 2.75) is 69.5 Å². The molecular formula is C14H26N2O2. The second-order valence-corrected chi connectivity index (χ2v) is 5.92.